The van der Waals surface area contributed by atoms with E-state index in [-0.39, 0.29) is 11.4 Å². The summed E-state index contributed by atoms with van der Waals surface area (Å²) in [6, 6.07) is 9.17. The molecule has 0 saturated heterocycles. The van der Waals surface area contributed by atoms with Crippen molar-refractivity contribution in [2.75, 3.05) is 0 Å². The molecule has 2 rings (SSSR count). The largest absolute Gasteiger partial charge is 0.467 e. The number of furan rings is 1. The van der Waals surface area contributed by atoms with Crippen LogP contribution < -0.4 is 5.32 Å². The first-order chi connectivity index (χ1) is 9.59. The molecule has 0 aliphatic rings. The number of hydrogen-bond acceptors (Lipinski definition) is 3. The molecule has 0 aliphatic carbocycles. The third-order valence-corrected chi connectivity index (χ3v) is 4.38. The van der Waals surface area contributed by atoms with Gasteiger partial charge in [-0.1, -0.05) is 12.1 Å². The van der Waals surface area contributed by atoms with Crippen molar-refractivity contribution in [2.24, 2.45) is 0 Å². The number of carbonyl (C=O) groups is 1. The molecule has 0 aliphatic heterocycles. The van der Waals surface area contributed by atoms with Gasteiger partial charge in [-0.25, -0.2) is 4.39 Å². The van der Waals surface area contributed by atoms with Crippen LogP contribution in [0.2, 0.25) is 0 Å². The van der Waals surface area contributed by atoms with Crippen LogP contribution in [0.1, 0.15) is 12.7 Å². The smallest absolute Gasteiger partial charge is 0.236 e. The number of halogens is 1. The van der Waals surface area contributed by atoms with Crippen molar-refractivity contribution in [3.8, 4) is 0 Å². The van der Waals surface area contributed by atoms with E-state index in [4.69, 9.17) is 4.42 Å². The van der Waals surface area contributed by atoms with E-state index in [9.17, 15) is 13.4 Å². The minimum Gasteiger partial charge on any atom is -0.467 e. The van der Waals surface area contributed by atoms with Gasteiger partial charge in [0.05, 0.1) is 28.5 Å². The molecule has 106 valence electrons. The summed E-state index contributed by atoms with van der Waals surface area (Å²) in [5, 5.41) is 1.76. The van der Waals surface area contributed by atoms with Gasteiger partial charge in [0.15, 0.2) is 0 Å². The van der Waals surface area contributed by atoms with Gasteiger partial charge >= 0.3 is 0 Å². The number of amides is 1. The lowest BCUT2D eigenvalue weighted by Gasteiger charge is -2.12. The van der Waals surface area contributed by atoms with Gasteiger partial charge in [-0.2, -0.15) is 0 Å². The average molecular weight is 295 g/mol. The Kier molecular flexibility index (Phi) is 4.68. The number of carbonyl (C=O) groups excluding carboxylic acids is 1. The predicted octanol–water partition coefficient (Wildman–Crippen LogP) is 2.23. The summed E-state index contributed by atoms with van der Waals surface area (Å²) >= 11 is 0. The van der Waals surface area contributed by atoms with Crippen molar-refractivity contribution in [1.29, 1.82) is 0 Å². The molecule has 0 spiro atoms. The molecule has 2 aromatic rings. The van der Waals surface area contributed by atoms with E-state index in [1.165, 1.54) is 31.4 Å². The summed E-state index contributed by atoms with van der Waals surface area (Å²) in [6.45, 7) is 1.71. The Morgan fingerprint density at radius 1 is 1.35 bits per heavy atom. The Labute approximate surface area is 118 Å². The molecular weight excluding hydrogens is 281 g/mol. The zero-order valence-corrected chi connectivity index (χ0v) is 11.7. The molecule has 4 nitrogen and oxygen atoms in total. The van der Waals surface area contributed by atoms with Gasteiger partial charge in [0.25, 0.3) is 0 Å². The highest BCUT2D eigenvalue weighted by Crippen LogP contribution is 2.15. The van der Waals surface area contributed by atoms with Crippen LogP contribution in [-0.4, -0.2) is 15.4 Å². The van der Waals surface area contributed by atoms with E-state index in [0.717, 1.165) is 0 Å². The number of hydrogen-bond donors (Lipinski definition) is 1. The van der Waals surface area contributed by atoms with Gasteiger partial charge in [0.2, 0.25) is 5.91 Å². The minimum atomic E-state index is -1.74. The zero-order valence-electron chi connectivity index (χ0n) is 10.8. The van der Waals surface area contributed by atoms with Crippen LogP contribution in [0.3, 0.4) is 0 Å². The minimum absolute atomic E-state index is 0.0353. The van der Waals surface area contributed by atoms with Crippen molar-refractivity contribution < 1.29 is 17.8 Å². The highest BCUT2D eigenvalue weighted by atomic mass is 32.2. The molecule has 20 heavy (non-hydrogen) atoms. The Hall–Kier alpha value is -1.95. The lowest BCUT2D eigenvalue weighted by molar-refractivity contribution is -0.120. The predicted molar refractivity (Wildman–Crippen MR) is 72.8 cm³/mol. The van der Waals surface area contributed by atoms with E-state index >= 15 is 0 Å². The number of benzene rings is 1. The van der Waals surface area contributed by atoms with Gasteiger partial charge in [-0.05, 0) is 31.2 Å². The second-order valence-corrected chi connectivity index (χ2v) is 5.91. The van der Waals surface area contributed by atoms with Crippen molar-refractivity contribution >= 4 is 16.7 Å². The highest BCUT2D eigenvalue weighted by Gasteiger charge is 2.23. The lowest BCUT2D eigenvalue weighted by atomic mass is 10.3. The fraction of sp³-hybridized carbons (Fsp3) is 0.214. The van der Waals surface area contributed by atoms with Gasteiger partial charge in [0, 0.05) is 0 Å². The van der Waals surface area contributed by atoms with Gasteiger partial charge in [-0.15, -0.1) is 0 Å². The maximum absolute atomic E-state index is 13.5. The van der Waals surface area contributed by atoms with E-state index in [2.05, 4.69) is 5.32 Å². The molecule has 6 heteroatoms. The number of rotatable bonds is 5. The maximum atomic E-state index is 13.5. The van der Waals surface area contributed by atoms with Crippen LogP contribution in [0, 0.1) is 5.82 Å². The second-order valence-electron chi connectivity index (χ2n) is 4.17. The first-order valence-corrected chi connectivity index (χ1v) is 7.26. The maximum Gasteiger partial charge on any atom is 0.236 e. The molecule has 2 atom stereocenters. The van der Waals surface area contributed by atoms with E-state index < -0.39 is 27.8 Å². The molecule has 1 heterocycles. The molecule has 1 amide bonds. The third kappa shape index (κ3) is 3.33. The Morgan fingerprint density at radius 3 is 2.75 bits per heavy atom. The molecule has 0 radical (unpaired) electrons. The molecular formula is C14H14FNO3S. The normalized spacial score (nSPS) is 13.7. The number of nitrogens with one attached hydrogen (secondary N) is 1. The summed E-state index contributed by atoms with van der Waals surface area (Å²) in [6.07, 6.45) is 1.50. The van der Waals surface area contributed by atoms with Crippen molar-refractivity contribution in [1.82, 2.24) is 5.32 Å². The Balaban J connectivity index is 1.99. The van der Waals surface area contributed by atoms with Crippen LogP contribution >= 0.6 is 0 Å². The molecule has 2 unspecified atom stereocenters. The van der Waals surface area contributed by atoms with Crippen LogP contribution in [-0.2, 0) is 22.1 Å². The van der Waals surface area contributed by atoms with Gasteiger partial charge < -0.3 is 9.73 Å². The van der Waals surface area contributed by atoms with Crippen molar-refractivity contribution in [2.45, 2.75) is 23.6 Å². The average Bonchev–Trinajstić information content (AvgIpc) is 2.97. The van der Waals surface area contributed by atoms with Crippen LogP contribution in [0.4, 0.5) is 4.39 Å². The van der Waals surface area contributed by atoms with Crippen molar-refractivity contribution in [3.63, 3.8) is 0 Å². The molecule has 0 fully saturated rings. The van der Waals surface area contributed by atoms with Crippen molar-refractivity contribution in [3.05, 3.63) is 54.2 Å². The van der Waals surface area contributed by atoms with Crippen LogP contribution in [0.15, 0.2) is 52.0 Å². The van der Waals surface area contributed by atoms with Gasteiger partial charge in [-0.3, -0.25) is 9.00 Å². The van der Waals surface area contributed by atoms with Gasteiger partial charge in [0.1, 0.15) is 16.8 Å². The molecule has 0 saturated carbocycles. The first kappa shape index (κ1) is 14.5. The Bertz CT molecular complexity index is 613. The first-order valence-electron chi connectivity index (χ1n) is 6.05. The van der Waals surface area contributed by atoms with Crippen LogP contribution in [0.25, 0.3) is 0 Å². The van der Waals surface area contributed by atoms with E-state index in [1.54, 1.807) is 18.2 Å². The second kappa shape index (κ2) is 6.47. The summed E-state index contributed by atoms with van der Waals surface area (Å²) in [5.74, 6) is -0.387. The third-order valence-electron chi connectivity index (χ3n) is 2.76. The summed E-state index contributed by atoms with van der Waals surface area (Å²) in [4.78, 5) is 11.9. The van der Waals surface area contributed by atoms with E-state index in [0.29, 0.717) is 5.76 Å². The standard InChI is InChI=1S/C14H14FNO3S/c1-10(14(17)16-9-11-5-4-8-19-11)20(18)13-7-3-2-6-12(13)15/h2-8,10H,9H2,1H3,(H,16,17). The highest BCUT2D eigenvalue weighted by molar-refractivity contribution is 7.86. The lowest BCUT2D eigenvalue weighted by Crippen LogP contribution is -2.35. The molecule has 1 aromatic heterocycles. The summed E-state index contributed by atoms with van der Waals surface area (Å²) in [5.41, 5.74) is 0. The summed E-state index contributed by atoms with van der Waals surface area (Å²) < 4.78 is 30.8. The fourth-order valence-electron chi connectivity index (χ4n) is 1.63. The molecule has 1 aromatic carbocycles. The van der Waals surface area contributed by atoms with E-state index in [1.807, 2.05) is 0 Å². The van der Waals surface area contributed by atoms with Crippen LogP contribution in [0.5, 0.6) is 0 Å². The molecule has 0 bridgehead atoms. The zero-order chi connectivity index (χ0) is 14.5. The summed E-state index contributed by atoms with van der Waals surface area (Å²) in [7, 11) is -1.74. The quantitative estimate of drug-likeness (QED) is 0.920. The fourth-order valence-corrected chi connectivity index (χ4v) is 2.76. The Morgan fingerprint density at radius 2 is 2.10 bits per heavy atom. The topological polar surface area (TPSA) is 59.3 Å². The SMILES string of the molecule is CC(C(=O)NCc1ccco1)S(=O)c1ccccc1F. The molecule has 1 N–H and O–H groups in total. The monoisotopic (exact) mass is 295 g/mol.